The predicted molar refractivity (Wildman–Crippen MR) is 94.8 cm³/mol. The van der Waals surface area contributed by atoms with E-state index >= 15 is 0 Å². The molecule has 8 heteroatoms. The van der Waals surface area contributed by atoms with Gasteiger partial charge in [-0.2, -0.15) is 0 Å². The topological polar surface area (TPSA) is 92.6 Å². The first-order valence-corrected chi connectivity index (χ1v) is 7.59. The predicted octanol–water partition coefficient (Wildman–Crippen LogP) is 2.84. The third kappa shape index (κ3) is 5.23. The number of hydrogen-bond acceptors (Lipinski definition) is 4. The highest BCUT2D eigenvalue weighted by Gasteiger charge is 2.13. The molecule has 2 aromatic carbocycles. The molecule has 2 aromatic rings. The fraction of sp³-hybridized carbons (Fsp3) is 0.111. The van der Waals surface area contributed by atoms with Crippen molar-refractivity contribution in [2.45, 2.75) is 0 Å². The fourth-order valence-corrected chi connectivity index (χ4v) is 2.11. The van der Waals surface area contributed by atoms with Gasteiger partial charge in [0.05, 0.1) is 17.0 Å². The van der Waals surface area contributed by atoms with Gasteiger partial charge in [0.2, 0.25) is 11.8 Å². The van der Waals surface area contributed by atoms with Crippen LogP contribution >= 0.6 is 0 Å². The molecule has 0 radical (unpaired) electrons. The Kier molecular flexibility index (Phi) is 6.15. The quantitative estimate of drug-likeness (QED) is 0.489. The van der Waals surface area contributed by atoms with Gasteiger partial charge < -0.3 is 10.2 Å². The average molecular weight is 357 g/mol. The van der Waals surface area contributed by atoms with E-state index in [0.717, 1.165) is 11.0 Å². The fourth-order valence-electron chi connectivity index (χ4n) is 2.11. The van der Waals surface area contributed by atoms with Crippen LogP contribution < -0.4 is 5.32 Å². The molecule has 0 saturated carbocycles. The Hall–Kier alpha value is -3.55. The minimum Gasteiger partial charge on any atom is -0.333 e. The Balaban J connectivity index is 1.96. The summed E-state index contributed by atoms with van der Waals surface area (Å²) in [6.07, 6.45) is 2.49. The number of nitrogens with zero attached hydrogens (tertiary/aromatic N) is 2. The summed E-state index contributed by atoms with van der Waals surface area (Å²) >= 11 is 0. The zero-order valence-corrected chi connectivity index (χ0v) is 13.9. The molecule has 0 unspecified atom stereocenters. The Bertz CT molecular complexity index is 850. The molecule has 0 aliphatic heterocycles. The Labute approximate surface area is 148 Å². The van der Waals surface area contributed by atoms with Crippen molar-refractivity contribution >= 4 is 29.3 Å². The van der Waals surface area contributed by atoms with Crippen molar-refractivity contribution < 1.29 is 18.9 Å². The SMILES string of the molecule is CN(CC(=O)Nc1ccc(F)cc1)C(=O)/C=C/c1ccccc1[N+](=O)[O-]. The van der Waals surface area contributed by atoms with Crippen molar-refractivity contribution in [3.05, 3.63) is 76.1 Å². The van der Waals surface area contributed by atoms with E-state index in [1.807, 2.05) is 0 Å². The van der Waals surface area contributed by atoms with Gasteiger partial charge in [-0.3, -0.25) is 19.7 Å². The molecule has 0 spiro atoms. The summed E-state index contributed by atoms with van der Waals surface area (Å²) in [7, 11) is 1.43. The molecule has 1 N–H and O–H groups in total. The van der Waals surface area contributed by atoms with E-state index in [-0.39, 0.29) is 17.8 Å². The molecule has 2 amide bonds. The maximum atomic E-state index is 12.8. The van der Waals surface area contributed by atoms with Crippen LogP contribution in [0.3, 0.4) is 0 Å². The molecule has 0 aliphatic rings. The summed E-state index contributed by atoms with van der Waals surface area (Å²) in [6, 6.07) is 11.2. The van der Waals surface area contributed by atoms with Crippen molar-refractivity contribution in [1.29, 1.82) is 0 Å². The summed E-state index contributed by atoms with van der Waals surface area (Å²) in [6.45, 7) is -0.225. The van der Waals surface area contributed by atoms with E-state index in [0.29, 0.717) is 5.69 Å². The molecule has 0 saturated heterocycles. The molecule has 0 heterocycles. The Morgan fingerprint density at radius 1 is 1.19 bits per heavy atom. The zero-order valence-electron chi connectivity index (χ0n) is 13.9. The normalized spacial score (nSPS) is 10.5. The lowest BCUT2D eigenvalue weighted by molar-refractivity contribution is -0.385. The van der Waals surface area contributed by atoms with Gasteiger partial charge in [0.25, 0.3) is 5.69 Å². The molecule has 2 rings (SSSR count). The lowest BCUT2D eigenvalue weighted by atomic mass is 10.1. The van der Waals surface area contributed by atoms with E-state index < -0.39 is 22.6 Å². The second-order valence-corrected chi connectivity index (χ2v) is 5.40. The van der Waals surface area contributed by atoms with E-state index in [2.05, 4.69) is 5.32 Å². The molecule has 0 aromatic heterocycles. The molecule has 7 nitrogen and oxygen atoms in total. The molecule has 0 fully saturated rings. The highest BCUT2D eigenvalue weighted by atomic mass is 19.1. The number of nitro benzene ring substituents is 1. The van der Waals surface area contributed by atoms with Gasteiger partial charge in [0.15, 0.2) is 0 Å². The van der Waals surface area contributed by atoms with Crippen molar-refractivity contribution in [2.75, 3.05) is 18.9 Å². The van der Waals surface area contributed by atoms with Gasteiger partial charge >= 0.3 is 0 Å². The van der Waals surface area contributed by atoms with E-state index in [1.54, 1.807) is 6.07 Å². The number of amides is 2. The summed E-state index contributed by atoms with van der Waals surface area (Å²) in [4.78, 5) is 35.5. The Morgan fingerprint density at radius 2 is 1.85 bits per heavy atom. The smallest absolute Gasteiger partial charge is 0.276 e. The van der Waals surface area contributed by atoms with Crippen LogP contribution in [0.4, 0.5) is 15.8 Å². The number of likely N-dealkylation sites (N-methyl/N-ethyl adjacent to an activating group) is 1. The minimum absolute atomic E-state index is 0.117. The molecule has 134 valence electrons. The average Bonchev–Trinajstić information content (AvgIpc) is 2.61. The van der Waals surface area contributed by atoms with Gasteiger partial charge in [-0.25, -0.2) is 4.39 Å². The first kappa shape index (κ1) is 18.8. The van der Waals surface area contributed by atoms with Crippen molar-refractivity contribution in [3.8, 4) is 0 Å². The highest BCUT2D eigenvalue weighted by molar-refractivity contribution is 5.98. The van der Waals surface area contributed by atoms with Crippen molar-refractivity contribution in [2.24, 2.45) is 0 Å². The maximum Gasteiger partial charge on any atom is 0.276 e. The number of para-hydroxylation sites is 1. The van der Waals surface area contributed by atoms with Crippen molar-refractivity contribution in [1.82, 2.24) is 4.90 Å². The highest BCUT2D eigenvalue weighted by Crippen LogP contribution is 2.19. The number of nitrogens with one attached hydrogen (secondary N) is 1. The molecule has 26 heavy (non-hydrogen) atoms. The number of carbonyl (C=O) groups excluding carboxylic acids is 2. The van der Waals surface area contributed by atoms with Crippen LogP contribution in [0.5, 0.6) is 0 Å². The molecular formula is C18H16FN3O4. The van der Waals surface area contributed by atoms with Crippen LogP contribution in [0, 0.1) is 15.9 Å². The number of halogens is 1. The standard InChI is InChI=1S/C18H16FN3O4/c1-21(12-17(23)20-15-9-7-14(19)8-10-15)18(24)11-6-13-4-2-3-5-16(13)22(25)26/h2-11H,12H2,1H3,(H,20,23)/b11-6+. The Morgan fingerprint density at radius 3 is 2.50 bits per heavy atom. The van der Waals surface area contributed by atoms with E-state index in [4.69, 9.17) is 0 Å². The van der Waals surface area contributed by atoms with Gasteiger partial charge in [-0.15, -0.1) is 0 Å². The van der Waals surface area contributed by atoms with Gasteiger partial charge in [-0.05, 0) is 36.4 Å². The second kappa shape index (κ2) is 8.52. The summed E-state index contributed by atoms with van der Waals surface area (Å²) < 4.78 is 12.8. The third-order valence-electron chi connectivity index (χ3n) is 3.42. The van der Waals surface area contributed by atoms with Crippen molar-refractivity contribution in [3.63, 3.8) is 0 Å². The van der Waals surface area contributed by atoms with E-state index in [9.17, 15) is 24.1 Å². The summed E-state index contributed by atoms with van der Waals surface area (Å²) in [5, 5.41) is 13.5. The minimum atomic E-state index is -0.538. The largest absolute Gasteiger partial charge is 0.333 e. The zero-order chi connectivity index (χ0) is 19.1. The number of hydrogen-bond donors (Lipinski definition) is 1. The van der Waals surface area contributed by atoms with Gasteiger partial charge in [0, 0.05) is 24.9 Å². The molecule has 0 bridgehead atoms. The lowest BCUT2D eigenvalue weighted by Gasteiger charge is -2.14. The van der Waals surface area contributed by atoms with E-state index in [1.165, 1.54) is 55.6 Å². The van der Waals surface area contributed by atoms with Crippen LogP contribution in [0.15, 0.2) is 54.6 Å². The van der Waals surface area contributed by atoms with Crippen LogP contribution in [0.1, 0.15) is 5.56 Å². The summed E-state index contributed by atoms with van der Waals surface area (Å²) in [5.74, 6) is -1.36. The number of carbonyl (C=O) groups is 2. The molecule has 0 aliphatic carbocycles. The third-order valence-corrected chi connectivity index (χ3v) is 3.42. The molecular weight excluding hydrogens is 341 g/mol. The van der Waals surface area contributed by atoms with Gasteiger partial charge in [-0.1, -0.05) is 12.1 Å². The molecule has 0 atom stereocenters. The van der Waals surface area contributed by atoms with Crippen LogP contribution in [-0.4, -0.2) is 35.2 Å². The van der Waals surface area contributed by atoms with Gasteiger partial charge in [0.1, 0.15) is 5.82 Å². The maximum absolute atomic E-state index is 12.8. The first-order valence-electron chi connectivity index (χ1n) is 7.59. The van der Waals surface area contributed by atoms with Crippen LogP contribution in [-0.2, 0) is 9.59 Å². The number of nitro groups is 1. The first-order chi connectivity index (χ1) is 12.4. The van der Waals surface area contributed by atoms with Crippen LogP contribution in [0.25, 0.3) is 6.08 Å². The lowest BCUT2D eigenvalue weighted by Crippen LogP contribution is -2.33. The number of anilines is 1. The monoisotopic (exact) mass is 357 g/mol. The number of benzene rings is 2. The second-order valence-electron chi connectivity index (χ2n) is 5.40. The van der Waals surface area contributed by atoms with Crippen LogP contribution in [0.2, 0.25) is 0 Å². The number of rotatable bonds is 6. The summed E-state index contributed by atoms with van der Waals surface area (Å²) in [5.41, 5.74) is 0.580.